The van der Waals surface area contributed by atoms with Crippen LogP contribution in [-0.2, 0) is 6.18 Å². The van der Waals surface area contributed by atoms with Gasteiger partial charge < -0.3 is 10.8 Å². The van der Waals surface area contributed by atoms with Gasteiger partial charge in [-0.2, -0.15) is 13.2 Å². The highest BCUT2D eigenvalue weighted by molar-refractivity contribution is 5.85. The van der Waals surface area contributed by atoms with Crippen LogP contribution in [0.15, 0.2) is 18.2 Å². The normalized spacial score (nSPS) is 13.1. The van der Waals surface area contributed by atoms with E-state index in [1.54, 1.807) is 0 Å². The third-order valence-electron chi connectivity index (χ3n) is 1.85. The lowest BCUT2D eigenvalue weighted by Crippen LogP contribution is -2.09. The molecular weight excluding hydrogens is 231 g/mol. The highest BCUT2D eigenvalue weighted by Crippen LogP contribution is 2.33. The van der Waals surface area contributed by atoms with E-state index < -0.39 is 17.8 Å². The Hall–Kier alpha value is -0.940. The summed E-state index contributed by atoms with van der Waals surface area (Å²) in [5.41, 5.74) is 4.69. The molecule has 0 saturated carbocycles. The number of halogens is 4. The fraction of sp³-hybridized carbons (Fsp3) is 0.333. The number of nitrogens with two attached hydrogens (primary N) is 1. The monoisotopic (exact) mass is 241 g/mol. The van der Waals surface area contributed by atoms with Gasteiger partial charge in [0.25, 0.3) is 0 Å². The van der Waals surface area contributed by atoms with Crippen molar-refractivity contribution in [2.24, 2.45) is 5.73 Å². The van der Waals surface area contributed by atoms with E-state index in [0.717, 1.165) is 18.2 Å². The zero-order chi connectivity index (χ0) is 10.9. The van der Waals surface area contributed by atoms with Crippen molar-refractivity contribution in [2.45, 2.75) is 19.1 Å². The molecule has 0 aliphatic carbocycles. The molecule has 0 aromatic heterocycles. The van der Waals surface area contributed by atoms with Crippen molar-refractivity contribution in [3.63, 3.8) is 0 Å². The Morgan fingerprint density at radius 3 is 2.27 bits per heavy atom. The van der Waals surface area contributed by atoms with Gasteiger partial charge in [-0.15, -0.1) is 12.4 Å². The lowest BCUT2D eigenvalue weighted by molar-refractivity contribution is -0.137. The lowest BCUT2D eigenvalue weighted by atomic mass is 10.0. The molecule has 0 fully saturated rings. The molecule has 2 nitrogen and oxygen atoms in total. The van der Waals surface area contributed by atoms with Crippen LogP contribution in [0.2, 0.25) is 0 Å². The van der Waals surface area contributed by atoms with E-state index in [9.17, 15) is 18.3 Å². The first kappa shape index (κ1) is 14.1. The number of hydrogen-bond acceptors (Lipinski definition) is 2. The molecule has 3 N–H and O–H groups in total. The highest BCUT2D eigenvalue weighted by atomic mass is 35.5. The van der Waals surface area contributed by atoms with Crippen LogP contribution in [0.4, 0.5) is 13.2 Å². The number of benzene rings is 1. The van der Waals surface area contributed by atoms with E-state index >= 15 is 0 Å². The van der Waals surface area contributed by atoms with Crippen LogP contribution >= 0.6 is 12.4 Å². The van der Waals surface area contributed by atoms with Gasteiger partial charge in [0.1, 0.15) is 5.75 Å². The highest BCUT2D eigenvalue weighted by Gasteiger charge is 2.31. The summed E-state index contributed by atoms with van der Waals surface area (Å²) in [5, 5.41) is 9.22. The van der Waals surface area contributed by atoms with E-state index in [-0.39, 0.29) is 23.7 Å². The van der Waals surface area contributed by atoms with Crippen LogP contribution in [-0.4, -0.2) is 5.11 Å². The second-order valence-electron chi connectivity index (χ2n) is 3.06. The van der Waals surface area contributed by atoms with E-state index in [2.05, 4.69) is 0 Å². The molecule has 1 rings (SSSR count). The molecule has 0 saturated heterocycles. The number of hydrogen-bond donors (Lipinski definition) is 2. The summed E-state index contributed by atoms with van der Waals surface area (Å²) >= 11 is 0. The van der Waals surface area contributed by atoms with Crippen LogP contribution in [0.5, 0.6) is 5.75 Å². The maximum atomic E-state index is 12.2. The van der Waals surface area contributed by atoms with E-state index in [0.29, 0.717) is 0 Å². The average Bonchev–Trinajstić information content (AvgIpc) is 2.02. The molecule has 0 spiro atoms. The third kappa shape index (κ3) is 3.28. The lowest BCUT2D eigenvalue weighted by Gasteiger charge is -2.12. The molecule has 1 atom stereocenters. The first-order valence-corrected chi connectivity index (χ1v) is 3.98. The second kappa shape index (κ2) is 4.72. The van der Waals surface area contributed by atoms with Crippen LogP contribution in [0.25, 0.3) is 0 Å². The summed E-state index contributed by atoms with van der Waals surface area (Å²) in [7, 11) is 0. The van der Waals surface area contributed by atoms with Crippen molar-refractivity contribution in [1.29, 1.82) is 0 Å². The molecule has 1 aromatic rings. The number of rotatable bonds is 1. The Bertz CT molecular complexity index is 339. The Kier molecular flexibility index (Phi) is 4.42. The standard InChI is InChI=1S/C9H10F3NO.ClH/c1-5(13)7-4-6(9(10,11)12)2-3-8(7)14;/h2-5,14H,13H2,1H3;1H/t5-;/m0./s1. The minimum atomic E-state index is -4.41. The minimum absolute atomic E-state index is 0. The van der Waals surface area contributed by atoms with Crippen molar-refractivity contribution < 1.29 is 18.3 Å². The largest absolute Gasteiger partial charge is 0.508 e. The second-order valence-corrected chi connectivity index (χ2v) is 3.06. The SMILES string of the molecule is C[C@H](N)c1cc(C(F)(F)F)ccc1O.Cl. The predicted octanol–water partition coefficient (Wildman–Crippen LogP) is 2.85. The van der Waals surface area contributed by atoms with Gasteiger partial charge in [-0.25, -0.2) is 0 Å². The molecule has 15 heavy (non-hydrogen) atoms. The van der Waals surface area contributed by atoms with Gasteiger partial charge in [0.15, 0.2) is 0 Å². The first-order chi connectivity index (χ1) is 6.32. The molecule has 86 valence electrons. The number of phenols is 1. The van der Waals surface area contributed by atoms with Crippen LogP contribution < -0.4 is 5.73 Å². The van der Waals surface area contributed by atoms with Gasteiger partial charge >= 0.3 is 6.18 Å². The molecular formula is C9H11ClF3NO. The molecule has 6 heteroatoms. The Morgan fingerprint density at radius 2 is 1.87 bits per heavy atom. The average molecular weight is 242 g/mol. The maximum absolute atomic E-state index is 12.2. The molecule has 0 aliphatic heterocycles. The number of phenolic OH excluding ortho intramolecular Hbond substituents is 1. The van der Waals surface area contributed by atoms with Gasteiger partial charge in [0, 0.05) is 11.6 Å². The van der Waals surface area contributed by atoms with Crippen LogP contribution in [0.1, 0.15) is 24.1 Å². The summed E-state index contributed by atoms with van der Waals surface area (Å²) in [4.78, 5) is 0. The van der Waals surface area contributed by atoms with Crippen molar-refractivity contribution in [2.75, 3.05) is 0 Å². The van der Waals surface area contributed by atoms with E-state index in [1.807, 2.05) is 0 Å². The van der Waals surface area contributed by atoms with Crippen LogP contribution in [0, 0.1) is 0 Å². The van der Waals surface area contributed by atoms with Crippen molar-refractivity contribution in [3.05, 3.63) is 29.3 Å². The van der Waals surface area contributed by atoms with Gasteiger partial charge in [-0.1, -0.05) is 0 Å². The smallest absolute Gasteiger partial charge is 0.416 e. The topological polar surface area (TPSA) is 46.2 Å². The van der Waals surface area contributed by atoms with Crippen LogP contribution in [0.3, 0.4) is 0 Å². The molecule has 0 bridgehead atoms. The Labute approximate surface area is 91.3 Å². The zero-order valence-corrected chi connectivity index (χ0v) is 8.69. The van der Waals surface area contributed by atoms with Gasteiger partial charge in [0.2, 0.25) is 0 Å². The maximum Gasteiger partial charge on any atom is 0.416 e. The Morgan fingerprint density at radius 1 is 1.33 bits per heavy atom. The van der Waals surface area contributed by atoms with Crippen molar-refractivity contribution in [3.8, 4) is 5.75 Å². The fourth-order valence-electron chi connectivity index (χ4n) is 1.10. The molecule has 0 radical (unpaired) electrons. The van der Waals surface area contributed by atoms with E-state index in [4.69, 9.17) is 5.73 Å². The summed E-state index contributed by atoms with van der Waals surface area (Å²) < 4.78 is 36.7. The van der Waals surface area contributed by atoms with Crippen molar-refractivity contribution >= 4 is 12.4 Å². The van der Waals surface area contributed by atoms with E-state index in [1.165, 1.54) is 6.92 Å². The third-order valence-corrected chi connectivity index (χ3v) is 1.85. The van der Waals surface area contributed by atoms with Crippen molar-refractivity contribution in [1.82, 2.24) is 0 Å². The zero-order valence-electron chi connectivity index (χ0n) is 7.88. The summed E-state index contributed by atoms with van der Waals surface area (Å²) in [5.74, 6) is -0.215. The number of alkyl halides is 3. The summed E-state index contributed by atoms with van der Waals surface area (Å²) in [6.45, 7) is 1.51. The summed E-state index contributed by atoms with van der Waals surface area (Å²) in [6, 6.07) is 2.06. The summed E-state index contributed by atoms with van der Waals surface area (Å²) in [6.07, 6.45) is -4.41. The first-order valence-electron chi connectivity index (χ1n) is 3.98. The molecule has 0 aliphatic rings. The quantitative estimate of drug-likeness (QED) is 0.794. The van der Waals surface area contributed by atoms with Gasteiger partial charge in [-0.3, -0.25) is 0 Å². The van der Waals surface area contributed by atoms with Gasteiger partial charge in [-0.05, 0) is 25.1 Å². The van der Waals surface area contributed by atoms with Gasteiger partial charge in [0.05, 0.1) is 5.56 Å². The number of aromatic hydroxyl groups is 1. The Balaban J connectivity index is 0.00000196. The fourth-order valence-corrected chi connectivity index (χ4v) is 1.10. The predicted molar refractivity (Wildman–Crippen MR) is 53.0 cm³/mol. The molecule has 0 unspecified atom stereocenters. The molecule has 1 aromatic carbocycles. The minimum Gasteiger partial charge on any atom is -0.508 e. The molecule has 0 heterocycles. The molecule has 0 amide bonds.